The number of aromatic nitrogens is 2. The summed E-state index contributed by atoms with van der Waals surface area (Å²) in [7, 11) is 1.50. The van der Waals surface area contributed by atoms with Gasteiger partial charge in [0.2, 0.25) is 0 Å². The molecular formula is C18H25N3. The molecule has 0 aliphatic carbocycles. The monoisotopic (exact) mass is 283 g/mol. The molecule has 2 N–H and O–H groups in total. The Labute approximate surface area is 127 Å². The van der Waals surface area contributed by atoms with Crippen LogP contribution in [-0.2, 0) is 6.54 Å². The van der Waals surface area contributed by atoms with E-state index in [0.717, 1.165) is 43.5 Å². The van der Waals surface area contributed by atoms with E-state index >= 15 is 0 Å². The van der Waals surface area contributed by atoms with E-state index in [4.69, 9.17) is 6.42 Å². The largest absolute Gasteiger partial charge is 0.333 e. The molecule has 0 fully saturated rings. The average molecular weight is 283 g/mol. The number of nitrogens with zero attached hydrogens (tertiary/aromatic N) is 2. The maximum absolute atomic E-state index is 5.25. The summed E-state index contributed by atoms with van der Waals surface area (Å²) in [6.45, 7) is 6.84. The first-order valence-corrected chi connectivity index (χ1v) is 7.37. The Hall–Kier alpha value is -2.05. The topological polar surface area (TPSA) is 43.8 Å². The van der Waals surface area contributed by atoms with Crippen LogP contribution in [-0.4, -0.2) is 16.8 Å². The first-order chi connectivity index (χ1) is 10.3. The van der Waals surface area contributed by atoms with Gasteiger partial charge in [-0.3, -0.25) is 4.68 Å². The maximum Gasteiger partial charge on any atom is 0.0691 e. The van der Waals surface area contributed by atoms with Crippen LogP contribution >= 0.6 is 0 Å². The van der Waals surface area contributed by atoms with Gasteiger partial charge in [-0.25, -0.2) is 0 Å². The van der Waals surface area contributed by atoms with Crippen molar-refractivity contribution in [1.29, 1.82) is 0 Å². The van der Waals surface area contributed by atoms with Gasteiger partial charge in [0.1, 0.15) is 0 Å². The van der Waals surface area contributed by atoms with Gasteiger partial charge in [-0.1, -0.05) is 31.2 Å². The zero-order valence-electron chi connectivity index (χ0n) is 13.1. The molecule has 0 saturated carbocycles. The molecule has 0 aliphatic rings. The fourth-order valence-corrected chi connectivity index (χ4v) is 2.32. The van der Waals surface area contributed by atoms with Crippen molar-refractivity contribution < 1.29 is 0 Å². The van der Waals surface area contributed by atoms with Gasteiger partial charge in [0.25, 0.3) is 0 Å². The molecule has 0 radical (unpaired) electrons. The van der Waals surface area contributed by atoms with Crippen LogP contribution < -0.4 is 5.73 Å². The van der Waals surface area contributed by atoms with E-state index in [-0.39, 0.29) is 0 Å². The van der Waals surface area contributed by atoms with Crippen molar-refractivity contribution in [2.75, 3.05) is 7.05 Å². The molecule has 0 spiro atoms. The summed E-state index contributed by atoms with van der Waals surface area (Å²) in [5, 5.41) is 5.86. The quantitative estimate of drug-likeness (QED) is 0.648. The van der Waals surface area contributed by atoms with E-state index in [2.05, 4.69) is 53.1 Å². The minimum atomic E-state index is 0.874. The van der Waals surface area contributed by atoms with Gasteiger partial charge in [-0.05, 0) is 38.4 Å². The summed E-state index contributed by atoms with van der Waals surface area (Å²) < 4.78 is 2.10. The van der Waals surface area contributed by atoms with Crippen LogP contribution in [0.15, 0.2) is 24.8 Å². The second-order valence-corrected chi connectivity index (χ2v) is 4.80. The van der Waals surface area contributed by atoms with Gasteiger partial charge in [0.15, 0.2) is 0 Å². The van der Waals surface area contributed by atoms with Crippen LogP contribution in [0.3, 0.4) is 0 Å². The van der Waals surface area contributed by atoms with Crippen LogP contribution in [0.4, 0.5) is 0 Å². The SMILES string of the molecule is C#CCCCCCn1nc(C)c2ccc(C=C)cc21.CN. The van der Waals surface area contributed by atoms with Crippen LogP contribution in [0, 0.1) is 19.3 Å². The first-order valence-electron chi connectivity index (χ1n) is 7.37. The van der Waals surface area contributed by atoms with Gasteiger partial charge in [0, 0.05) is 18.4 Å². The second-order valence-electron chi connectivity index (χ2n) is 4.80. The molecule has 0 atom stereocenters. The van der Waals surface area contributed by atoms with E-state index in [1.807, 2.05) is 6.08 Å². The lowest BCUT2D eigenvalue weighted by Crippen LogP contribution is -2.00. The van der Waals surface area contributed by atoms with Crippen molar-refractivity contribution in [2.24, 2.45) is 5.73 Å². The van der Waals surface area contributed by atoms with E-state index in [1.165, 1.54) is 18.0 Å². The lowest BCUT2D eigenvalue weighted by atomic mass is 10.1. The molecule has 21 heavy (non-hydrogen) atoms. The van der Waals surface area contributed by atoms with Crippen molar-refractivity contribution in [2.45, 2.75) is 39.2 Å². The van der Waals surface area contributed by atoms with Crippen LogP contribution in [0.5, 0.6) is 0 Å². The standard InChI is InChI=1S/C17H20N2.CH5N/c1-4-6-7-8-9-12-19-17-13-15(5-2)10-11-16(17)14(3)18-19;1-2/h1,5,10-11,13H,2,6-9,12H2,3H3;2H2,1H3. The van der Waals surface area contributed by atoms with Gasteiger partial charge in [-0.2, -0.15) is 5.10 Å². The lowest BCUT2D eigenvalue weighted by Gasteiger charge is -2.03. The molecule has 0 saturated heterocycles. The minimum absolute atomic E-state index is 0.874. The zero-order chi connectivity index (χ0) is 15.7. The Morgan fingerprint density at radius 3 is 2.76 bits per heavy atom. The summed E-state index contributed by atoms with van der Waals surface area (Å²) in [6.07, 6.45) is 11.4. The van der Waals surface area contributed by atoms with Crippen molar-refractivity contribution in [1.82, 2.24) is 9.78 Å². The fraction of sp³-hybridized carbons (Fsp3) is 0.389. The number of hydrogen-bond donors (Lipinski definition) is 1. The highest BCUT2D eigenvalue weighted by molar-refractivity contribution is 5.84. The van der Waals surface area contributed by atoms with E-state index < -0.39 is 0 Å². The molecule has 0 bridgehead atoms. The Balaban J connectivity index is 0.00000106. The molecule has 1 aromatic carbocycles. The number of aryl methyl sites for hydroxylation is 2. The molecule has 3 nitrogen and oxygen atoms in total. The molecule has 112 valence electrons. The summed E-state index contributed by atoms with van der Waals surface area (Å²) in [6, 6.07) is 6.37. The predicted molar refractivity (Wildman–Crippen MR) is 92.0 cm³/mol. The molecule has 2 rings (SSSR count). The lowest BCUT2D eigenvalue weighted by molar-refractivity contribution is 0.558. The average Bonchev–Trinajstić information content (AvgIpc) is 2.85. The molecule has 3 heteroatoms. The zero-order valence-corrected chi connectivity index (χ0v) is 13.1. The Morgan fingerprint density at radius 2 is 2.10 bits per heavy atom. The van der Waals surface area contributed by atoms with Gasteiger partial charge >= 0.3 is 0 Å². The Kier molecular flexibility index (Phi) is 7.28. The van der Waals surface area contributed by atoms with Crippen molar-refractivity contribution in [3.63, 3.8) is 0 Å². The minimum Gasteiger partial charge on any atom is -0.333 e. The molecule has 0 amide bonds. The molecular weight excluding hydrogens is 258 g/mol. The van der Waals surface area contributed by atoms with Crippen LogP contribution in [0.1, 0.15) is 36.9 Å². The van der Waals surface area contributed by atoms with Crippen LogP contribution in [0.25, 0.3) is 17.0 Å². The van der Waals surface area contributed by atoms with Crippen molar-refractivity contribution in [3.05, 3.63) is 36.0 Å². The third-order valence-electron chi connectivity index (χ3n) is 3.39. The number of hydrogen-bond acceptors (Lipinski definition) is 2. The number of fused-ring (bicyclic) bond motifs is 1. The molecule has 2 aromatic rings. The normalized spacial score (nSPS) is 9.81. The molecule has 1 heterocycles. The number of nitrogens with two attached hydrogens (primary N) is 1. The summed E-state index contributed by atoms with van der Waals surface area (Å²) in [4.78, 5) is 0. The van der Waals surface area contributed by atoms with Gasteiger partial charge in [-0.15, -0.1) is 12.3 Å². The molecule has 1 aromatic heterocycles. The highest BCUT2D eigenvalue weighted by atomic mass is 15.3. The van der Waals surface area contributed by atoms with Gasteiger partial charge in [0.05, 0.1) is 11.2 Å². The number of benzene rings is 1. The molecule has 0 unspecified atom stereocenters. The van der Waals surface area contributed by atoms with Gasteiger partial charge < -0.3 is 5.73 Å². The third-order valence-corrected chi connectivity index (χ3v) is 3.39. The third kappa shape index (κ3) is 4.47. The van der Waals surface area contributed by atoms with E-state index in [0.29, 0.717) is 0 Å². The first kappa shape index (κ1) is 17.0. The highest BCUT2D eigenvalue weighted by Gasteiger charge is 2.07. The number of unbranched alkanes of at least 4 members (excludes halogenated alkanes) is 3. The molecule has 0 aliphatic heterocycles. The summed E-state index contributed by atoms with van der Waals surface area (Å²) in [5.74, 6) is 2.68. The Bertz CT molecular complexity index is 617. The van der Waals surface area contributed by atoms with Crippen molar-refractivity contribution >= 4 is 17.0 Å². The summed E-state index contributed by atoms with van der Waals surface area (Å²) in [5.41, 5.74) is 7.93. The smallest absolute Gasteiger partial charge is 0.0691 e. The number of rotatable bonds is 6. The van der Waals surface area contributed by atoms with E-state index in [1.54, 1.807) is 0 Å². The fourth-order valence-electron chi connectivity index (χ4n) is 2.32. The highest BCUT2D eigenvalue weighted by Crippen LogP contribution is 2.20. The number of terminal acetylenes is 1. The predicted octanol–water partition coefficient (Wildman–Crippen LogP) is 3.76. The van der Waals surface area contributed by atoms with E-state index in [9.17, 15) is 0 Å². The Morgan fingerprint density at radius 1 is 1.33 bits per heavy atom. The second kappa shape index (κ2) is 8.99. The van der Waals surface area contributed by atoms with Crippen LogP contribution in [0.2, 0.25) is 0 Å². The van der Waals surface area contributed by atoms with Crippen molar-refractivity contribution in [3.8, 4) is 12.3 Å². The summed E-state index contributed by atoms with van der Waals surface area (Å²) >= 11 is 0. The maximum atomic E-state index is 5.25.